The number of benzene rings is 3. The number of likely N-dealkylation sites (N-methyl/N-ethyl adjacent to an activating group) is 1. The summed E-state index contributed by atoms with van der Waals surface area (Å²) in [5.74, 6) is 3.11. The second-order valence-electron chi connectivity index (χ2n) is 23.7. The number of imidazole rings is 3. The van der Waals surface area contributed by atoms with Gasteiger partial charge in [0.2, 0.25) is 34.1 Å². The zero-order valence-corrected chi connectivity index (χ0v) is 58.6. The van der Waals surface area contributed by atoms with Crippen molar-refractivity contribution in [2.24, 2.45) is 21.1 Å². The Morgan fingerprint density at radius 1 is 0.471 bits per heavy atom. The molecule has 6 atom stereocenters. The van der Waals surface area contributed by atoms with Gasteiger partial charge in [0.05, 0.1) is 75.6 Å². The maximum absolute atomic E-state index is 12.7. The van der Waals surface area contributed by atoms with Crippen molar-refractivity contribution in [3.05, 3.63) is 229 Å². The molecule has 13 aromatic rings. The van der Waals surface area contributed by atoms with E-state index < -0.39 is 0 Å². The van der Waals surface area contributed by atoms with Gasteiger partial charge in [0.15, 0.2) is 51.0 Å². The summed E-state index contributed by atoms with van der Waals surface area (Å²) in [4.78, 5) is 107. The molecule has 102 heavy (non-hydrogen) atoms. The van der Waals surface area contributed by atoms with E-state index in [0.717, 1.165) is 41.0 Å². The van der Waals surface area contributed by atoms with E-state index in [1.807, 2.05) is 72.8 Å². The standard InChI is InChI=1S/C20H18ClN5O4.C19H16Cl2N6O3.C13H12Cl2N2O2.C6H5ClN4O.C6H6N4O/c1-25-17(27)7-14-18(25)20(28)26(10-22-14)8-16-23-19(24-30-16)12-6-15(29-9-12)11-2-4-13(21)5-3-11;1-26-15-17(24-19(26)21)22-9-27(18(15)28)7-14-23-16(25-30-14)11-6-13(29-8-11)10-2-4-12(20)5-3-10;14-6-12-16-13(17-19-12)9-5-11(18-7-9)8-1-3-10(15)4-2-8;1-11-3-4(10-6(11)7)8-2-9-5(3)12;1-10-3-9-5-4(10)6(11)8-2-7-5/h2-5,10,12,15H,6-9H2,1H3;2-5,9,11,13H,6-8H2,1H3;1-4,9,11H,5-7H2;2H,1H3,(H,8,9,12);2-3H,1H3,(H,7,8,11)/t12-,15+;11-,13+;9-,11+;;/m000../s1. The van der Waals surface area contributed by atoms with Crippen LogP contribution in [0.3, 0.4) is 0 Å². The molecule has 1 amide bonds. The van der Waals surface area contributed by atoms with Gasteiger partial charge in [-0.1, -0.05) is 86.7 Å². The summed E-state index contributed by atoms with van der Waals surface area (Å²) in [6, 6.07) is 22.9. The smallest absolute Gasteiger partial charge is 0.280 e. The third-order valence-electron chi connectivity index (χ3n) is 17.0. The zero-order chi connectivity index (χ0) is 71.5. The average molecular weight is 1510 g/mol. The Morgan fingerprint density at radius 2 is 0.882 bits per heavy atom. The molecule has 4 aliphatic heterocycles. The predicted octanol–water partition coefficient (Wildman–Crippen LogP) is 8.88. The Labute approximate surface area is 604 Å². The molecule has 3 aromatic carbocycles. The fraction of sp³-hybridized carbons (Fsp3) is 0.312. The average Bonchev–Trinajstić information content (AvgIpc) is 1.64. The molecule has 2 N–H and O–H groups in total. The van der Waals surface area contributed by atoms with Gasteiger partial charge in [-0.05, 0) is 95.6 Å². The maximum Gasteiger partial charge on any atom is 0.280 e. The van der Waals surface area contributed by atoms with Crippen LogP contribution >= 0.6 is 69.6 Å². The lowest BCUT2D eigenvalue weighted by Crippen LogP contribution is -2.30. The summed E-state index contributed by atoms with van der Waals surface area (Å²) < 4.78 is 40.7. The third kappa shape index (κ3) is 15.5. The number of hydrogen-bond donors (Lipinski definition) is 2. The van der Waals surface area contributed by atoms with Crippen molar-refractivity contribution in [1.82, 2.24) is 98.1 Å². The van der Waals surface area contributed by atoms with E-state index in [9.17, 15) is 24.0 Å². The molecule has 17 rings (SSSR count). The quantitative estimate of drug-likeness (QED) is 0.0901. The number of carbonyl (C=O) groups is 1. The van der Waals surface area contributed by atoms with E-state index in [1.54, 1.807) is 39.1 Å². The van der Waals surface area contributed by atoms with Crippen LogP contribution in [0.2, 0.25) is 25.6 Å². The third-order valence-corrected chi connectivity index (χ3v) is 18.7. The molecule has 32 nitrogen and oxygen atoms in total. The van der Waals surface area contributed by atoms with Crippen LogP contribution in [-0.2, 0) is 65.5 Å². The first-order valence-electron chi connectivity index (χ1n) is 31.2. The molecule has 0 saturated carbocycles. The van der Waals surface area contributed by atoms with Gasteiger partial charge < -0.3 is 56.3 Å². The number of aromatic amines is 2. The Kier molecular flexibility index (Phi) is 21.3. The number of carbonyl (C=O) groups excluding carboxylic acids is 1. The highest BCUT2D eigenvalue weighted by atomic mass is 35.5. The number of aryl methyl sites for hydroxylation is 3. The van der Waals surface area contributed by atoms with Gasteiger partial charge >= 0.3 is 0 Å². The molecular formula is C64H57Cl6N21O11. The predicted molar refractivity (Wildman–Crippen MR) is 370 cm³/mol. The van der Waals surface area contributed by atoms with Crippen molar-refractivity contribution < 1.29 is 32.6 Å². The van der Waals surface area contributed by atoms with Crippen molar-refractivity contribution in [2.45, 2.75) is 80.7 Å². The van der Waals surface area contributed by atoms with Crippen LogP contribution in [0.15, 0.2) is 137 Å². The minimum absolute atomic E-state index is 0.00167. The number of halogens is 6. The van der Waals surface area contributed by atoms with E-state index in [0.29, 0.717) is 110 Å². The monoisotopic (exact) mass is 1510 g/mol. The van der Waals surface area contributed by atoms with Crippen LogP contribution in [-0.4, -0.2) is 131 Å². The fourth-order valence-electron chi connectivity index (χ4n) is 11.6. The van der Waals surface area contributed by atoms with E-state index in [2.05, 4.69) is 75.3 Å². The summed E-state index contributed by atoms with van der Waals surface area (Å²) in [5.41, 5.74) is 5.41. The van der Waals surface area contributed by atoms with Crippen molar-refractivity contribution in [1.29, 1.82) is 0 Å². The van der Waals surface area contributed by atoms with Crippen LogP contribution in [0.4, 0.5) is 5.69 Å². The molecule has 0 bridgehead atoms. The van der Waals surface area contributed by atoms with Crippen LogP contribution in [0.25, 0.3) is 33.5 Å². The summed E-state index contributed by atoms with van der Waals surface area (Å²) in [7, 11) is 6.65. The SMILES string of the molecule is CN1C(=O)Cc2ncn(Cc3nc([C@@H]4CO[C@@H](c5ccc(Cl)cc5)C4)no3)c(=O)c21.ClCc1nc([C@@H]2CO[C@@H](c3ccc(Cl)cc3)C2)no1.Cn1c(Cl)nc2nc[nH]c(=O)c21.Cn1c(Cl)nc2ncn(Cc3nc([C@@H]4CO[C@@H](c5ccc(Cl)cc5)C4)no3)c(=O)c21.Cn1cnc2nc[nH]c(=O)c21. The normalized spacial score (nSPS) is 18.4. The largest absolute Gasteiger partial charge is 0.373 e. The minimum Gasteiger partial charge on any atom is -0.373 e. The number of aromatic nitrogens is 20. The van der Waals surface area contributed by atoms with Gasteiger partial charge in [-0.15, -0.1) is 11.6 Å². The second-order valence-corrected chi connectivity index (χ2v) is 25.9. The number of alkyl halides is 1. The summed E-state index contributed by atoms with van der Waals surface area (Å²) in [5, 5.41) is 14.7. The van der Waals surface area contributed by atoms with Gasteiger partial charge in [-0.25, -0.2) is 24.9 Å². The molecule has 38 heteroatoms. The number of hydrogen-bond acceptors (Lipinski definition) is 24. The first kappa shape index (κ1) is 70.5. The number of nitrogens with one attached hydrogen (secondary N) is 2. The van der Waals surface area contributed by atoms with Crippen LogP contribution in [0.5, 0.6) is 0 Å². The molecule has 526 valence electrons. The highest BCUT2D eigenvalue weighted by Gasteiger charge is 2.35. The number of nitrogens with zero attached hydrogens (tertiary/aromatic N) is 19. The van der Waals surface area contributed by atoms with Gasteiger partial charge in [0, 0.05) is 61.0 Å². The lowest BCUT2D eigenvalue weighted by molar-refractivity contribution is -0.117. The van der Waals surface area contributed by atoms with Crippen molar-refractivity contribution in [2.75, 3.05) is 31.8 Å². The fourth-order valence-corrected chi connectivity index (χ4v) is 12.4. The minimum atomic E-state index is -0.305. The number of ether oxygens (including phenoxy) is 3. The summed E-state index contributed by atoms with van der Waals surface area (Å²) >= 11 is 35.1. The van der Waals surface area contributed by atoms with E-state index >= 15 is 0 Å². The zero-order valence-electron chi connectivity index (χ0n) is 54.1. The number of fused-ring (bicyclic) bond motifs is 4. The van der Waals surface area contributed by atoms with E-state index in [-0.39, 0.29) is 100 Å². The highest BCUT2D eigenvalue weighted by molar-refractivity contribution is 6.31. The molecule has 4 aliphatic rings. The van der Waals surface area contributed by atoms with E-state index in [4.69, 9.17) is 97.4 Å². The van der Waals surface area contributed by atoms with Crippen molar-refractivity contribution in [3.63, 3.8) is 0 Å². The molecule has 0 radical (unpaired) electrons. The van der Waals surface area contributed by atoms with Gasteiger partial charge in [0.25, 0.3) is 22.2 Å². The molecule has 3 fully saturated rings. The van der Waals surface area contributed by atoms with Crippen molar-refractivity contribution >= 4 is 115 Å². The van der Waals surface area contributed by atoms with Gasteiger partial charge in [-0.2, -0.15) is 24.9 Å². The summed E-state index contributed by atoms with van der Waals surface area (Å²) in [6.07, 6.45) is 9.42. The molecule has 10 aromatic heterocycles. The van der Waals surface area contributed by atoms with Crippen LogP contribution in [0, 0.1) is 0 Å². The lowest BCUT2D eigenvalue weighted by atomic mass is 10.0. The Hall–Kier alpha value is -9.90. The van der Waals surface area contributed by atoms with Crippen LogP contribution < -0.4 is 27.1 Å². The molecular weight excluding hydrogens is 1450 g/mol. The Bertz CT molecular complexity index is 5420. The topological polar surface area (TPSA) is 379 Å². The summed E-state index contributed by atoms with van der Waals surface area (Å²) in [6.45, 7) is 1.76. The maximum atomic E-state index is 12.7. The molecule has 3 saturated heterocycles. The first-order valence-corrected chi connectivity index (χ1v) is 33.6. The molecule has 0 unspecified atom stereocenters. The van der Waals surface area contributed by atoms with Gasteiger partial charge in [0.1, 0.15) is 31.0 Å². The number of anilines is 1. The molecule has 0 aliphatic carbocycles. The first-order chi connectivity index (χ1) is 49.2. The number of H-pyrrole nitrogens is 2. The Balaban J connectivity index is 0.000000120. The molecule has 0 spiro atoms. The lowest BCUT2D eigenvalue weighted by Gasteiger charge is -2.10. The van der Waals surface area contributed by atoms with E-state index in [1.165, 1.54) is 48.5 Å². The molecule has 14 heterocycles. The van der Waals surface area contributed by atoms with Gasteiger partial charge in [-0.3, -0.25) is 33.1 Å². The number of rotatable bonds is 11. The second kappa shape index (κ2) is 30.7. The Morgan fingerprint density at radius 3 is 1.34 bits per heavy atom. The highest BCUT2D eigenvalue weighted by Crippen LogP contribution is 2.40. The van der Waals surface area contributed by atoms with Crippen molar-refractivity contribution in [3.8, 4) is 0 Å². The van der Waals surface area contributed by atoms with Crippen LogP contribution in [0.1, 0.15) is 113 Å². The number of amides is 1.